The SMILES string of the molecule is CCC1CCCCN1C(=O)CSc1nc2ccccc2c2nc(C)nn12. The Bertz CT molecular complexity index is 954. The van der Waals surface area contributed by atoms with E-state index < -0.39 is 0 Å². The second-order valence-electron chi connectivity index (χ2n) is 6.74. The number of aromatic nitrogens is 4. The van der Waals surface area contributed by atoms with Crippen LogP contribution in [0.4, 0.5) is 0 Å². The monoisotopic (exact) mass is 369 g/mol. The summed E-state index contributed by atoms with van der Waals surface area (Å²) in [4.78, 5) is 24.1. The molecule has 6 nitrogen and oxygen atoms in total. The second kappa shape index (κ2) is 7.23. The second-order valence-corrected chi connectivity index (χ2v) is 7.68. The van der Waals surface area contributed by atoms with Crippen LogP contribution in [0.25, 0.3) is 16.6 Å². The predicted molar refractivity (Wildman–Crippen MR) is 103 cm³/mol. The molecule has 7 heteroatoms. The number of rotatable bonds is 4. The summed E-state index contributed by atoms with van der Waals surface area (Å²) in [6.07, 6.45) is 4.47. The van der Waals surface area contributed by atoms with Gasteiger partial charge in [0.25, 0.3) is 0 Å². The quantitative estimate of drug-likeness (QED) is 0.520. The first-order chi connectivity index (χ1) is 12.7. The average molecular weight is 369 g/mol. The number of nitrogens with zero attached hydrogens (tertiary/aromatic N) is 5. The van der Waals surface area contributed by atoms with Crippen molar-refractivity contribution in [2.24, 2.45) is 0 Å². The molecule has 0 aliphatic carbocycles. The number of thioether (sulfide) groups is 1. The maximum absolute atomic E-state index is 12.8. The molecule has 1 fully saturated rings. The molecular formula is C19H23N5OS. The molecular weight excluding hydrogens is 346 g/mol. The predicted octanol–water partition coefficient (Wildman–Crippen LogP) is 3.47. The van der Waals surface area contributed by atoms with Crippen LogP contribution in [0.15, 0.2) is 29.4 Å². The molecule has 1 unspecified atom stereocenters. The minimum Gasteiger partial charge on any atom is -0.339 e. The summed E-state index contributed by atoms with van der Waals surface area (Å²) in [5, 5.41) is 6.18. The van der Waals surface area contributed by atoms with Gasteiger partial charge in [0.2, 0.25) is 5.91 Å². The molecule has 136 valence electrons. The number of carbonyl (C=O) groups excluding carboxylic acids is 1. The van der Waals surface area contributed by atoms with Crippen molar-refractivity contribution in [1.82, 2.24) is 24.5 Å². The molecule has 0 spiro atoms. The van der Waals surface area contributed by atoms with Crippen LogP contribution in [0.2, 0.25) is 0 Å². The fraction of sp³-hybridized carbons (Fsp3) is 0.474. The molecule has 3 heterocycles. The Morgan fingerprint density at radius 2 is 2.12 bits per heavy atom. The van der Waals surface area contributed by atoms with Crippen molar-refractivity contribution >= 4 is 34.2 Å². The minimum atomic E-state index is 0.196. The number of amides is 1. The van der Waals surface area contributed by atoms with Crippen LogP contribution in [0.1, 0.15) is 38.4 Å². The van der Waals surface area contributed by atoms with Gasteiger partial charge in [0.15, 0.2) is 10.8 Å². The van der Waals surface area contributed by atoms with Crippen molar-refractivity contribution in [2.75, 3.05) is 12.3 Å². The summed E-state index contributed by atoms with van der Waals surface area (Å²) < 4.78 is 1.77. The van der Waals surface area contributed by atoms with Crippen LogP contribution >= 0.6 is 11.8 Å². The van der Waals surface area contributed by atoms with Gasteiger partial charge >= 0.3 is 0 Å². The Morgan fingerprint density at radius 3 is 2.96 bits per heavy atom. The highest BCUT2D eigenvalue weighted by atomic mass is 32.2. The molecule has 1 aliphatic heterocycles. The molecule has 1 saturated heterocycles. The highest BCUT2D eigenvalue weighted by Gasteiger charge is 2.25. The van der Waals surface area contributed by atoms with E-state index in [1.54, 1.807) is 4.52 Å². The first kappa shape index (κ1) is 17.3. The third-order valence-corrected chi connectivity index (χ3v) is 5.91. The van der Waals surface area contributed by atoms with E-state index in [0.29, 0.717) is 17.6 Å². The van der Waals surface area contributed by atoms with Crippen molar-refractivity contribution in [3.05, 3.63) is 30.1 Å². The van der Waals surface area contributed by atoms with Crippen molar-refractivity contribution in [1.29, 1.82) is 0 Å². The van der Waals surface area contributed by atoms with Crippen LogP contribution in [0.3, 0.4) is 0 Å². The van der Waals surface area contributed by atoms with Gasteiger partial charge in [0.05, 0.1) is 11.3 Å². The van der Waals surface area contributed by atoms with Crippen LogP contribution < -0.4 is 0 Å². The molecule has 0 radical (unpaired) electrons. The van der Waals surface area contributed by atoms with Crippen molar-refractivity contribution < 1.29 is 4.79 Å². The Hall–Kier alpha value is -2.15. The standard InChI is InChI=1S/C19H23N5OS/c1-3-14-8-6-7-11-23(14)17(25)12-26-19-21-16-10-5-4-9-15(16)18-20-13(2)22-24(18)19/h4-5,9-10,14H,3,6-8,11-12H2,1-2H3. The summed E-state index contributed by atoms with van der Waals surface area (Å²) in [6.45, 7) is 4.91. The fourth-order valence-corrected chi connectivity index (χ4v) is 4.52. The highest BCUT2D eigenvalue weighted by molar-refractivity contribution is 7.99. The van der Waals surface area contributed by atoms with E-state index in [1.807, 2.05) is 31.2 Å². The Morgan fingerprint density at radius 1 is 1.27 bits per heavy atom. The smallest absolute Gasteiger partial charge is 0.233 e. The maximum Gasteiger partial charge on any atom is 0.233 e. The van der Waals surface area contributed by atoms with Gasteiger partial charge in [-0.3, -0.25) is 4.79 Å². The lowest BCUT2D eigenvalue weighted by atomic mass is 10.0. The fourth-order valence-electron chi connectivity index (χ4n) is 3.69. The number of aryl methyl sites for hydroxylation is 1. The summed E-state index contributed by atoms with van der Waals surface area (Å²) >= 11 is 1.45. The van der Waals surface area contributed by atoms with Gasteiger partial charge in [-0.15, -0.1) is 5.10 Å². The van der Waals surface area contributed by atoms with E-state index in [0.717, 1.165) is 47.5 Å². The molecule has 3 aromatic rings. The summed E-state index contributed by atoms with van der Waals surface area (Å²) in [6, 6.07) is 8.31. The third kappa shape index (κ3) is 3.16. The molecule has 1 aromatic carbocycles. The molecule has 1 amide bonds. The number of hydrogen-bond donors (Lipinski definition) is 0. The van der Waals surface area contributed by atoms with Crippen molar-refractivity contribution in [3.8, 4) is 0 Å². The summed E-state index contributed by atoms with van der Waals surface area (Å²) in [7, 11) is 0. The van der Waals surface area contributed by atoms with E-state index in [-0.39, 0.29) is 5.91 Å². The zero-order valence-corrected chi connectivity index (χ0v) is 16.0. The van der Waals surface area contributed by atoms with Gasteiger partial charge in [-0.1, -0.05) is 30.8 Å². The number of hydrogen-bond acceptors (Lipinski definition) is 5. The van der Waals surface area contributed by atoms with Gasteiger partial charge in [-0.25, -0.2) is 9.97 Å². The molecule has 2 aromatic heterocycles. The Kier molecular flexibility index (Phi) is 4.80. The molecule has 0 saturated carbocycles. The van der Waals surface area contributed by atoms with Gasteiger partial charge in [0, 0.05) is 18.0 Å². The van der Waals surface area contributed by atoms with Gasteiger partial charge < -0.3 is 4.90 Å². The topological polar surface area (TPSA) is 63.4 Å². The average Bonchev–Trinajstić information content (AvgIpc) is 3.07. The number of para-hydroxylation sites is 1. The summed E-state index contributed by atoms with van der Waals surface area (Å²) in [5.74, 6) is 1.29. The zero-order chi connectivity index (χ0) is 18.1. The van der Waals surface area contributed by atoms with Gasteiger partial charge in [-0.05, 0) is 44.7 Å². The molecule has 1 atom stereocenters. The lowest BCUT2D eigenvalue weighted by Gasteiger charge is -2.35. The maximum atomic E-state index is 12.8. The van der Waals surface area contributed by atoms with Crippen LogP contribution in [-0.4, -0.2) is 48.7 Å². The van der Waals surface area contributed by atoms with Gasteiger partial charge in [-0.2, -0.15) is 4.52 Å². The van der Waals surface area contributed by atoms with Crippen LogP contribution in [0.5, 0.6) is 0 Å². The zero-order valence-electron chi connectivity index (χ0n) is 15.2. The lowest BCUT2D eigenvalue weighted by Crippen LogP contribution is -2.44. The molecule has 4 rings (SSSR count). The van der Waals surface area contributed by atoms with Crippen LogP contribution in [0, 0.1) is 6.92 Å². The largest absolute Gasteiger partial charge is 0.339 e. The number of piperidine rings is 1. The number of fused-ring (bicyclic) bond motifs is 3. The van der Waals surface area contributed by atoms with E-state index in [9.17, 15) is 4.79 Å². The van der Waals surface area contributed by atoms with E-state index in [1.165, 1.54) is 18.2 Å². The first-order valence-corrected chi connectivity index (χ1v) is 10.2. The number of benzene rings is 1. The molecule has 26 heavy (non-hydrogen) atoms. The van der Waals surface area contributed by atoms with Crippen molar-refractivity contribution in [3.63, 3.8) is 0 Å². The highest BCUT2D eigenvalue weighted by Crippen LogP contribution is 2.25. The van der Waals surface area contributed by atoms with Gasteiger partial charge in [0.1, 0.15) is 5.82 Å². The first-order valence-electron chi connectivity index (χ1n) is 9.21. The lowest BCUT2D eigenvalue weighted by molar-refractivity contribution is -0.132. The number of carbonyl (C=O) groups is 1. The van der Waals surface area contributed by atoms with Crippen LogP contribution in [-0.2, 0) is 4.79 Å². The molecule has 1 aliphatic rings. The number of likely N-dealkylation sites (tertiary alicyclic amines) is 1. The third-order valence-electron chi connectivity index (χ3n) is 5.00. The van der Waals surface area contributed by atoms with E-state index >= 15 is 0 Å². The Labute approximate surface area is 157 Å². The Balaban J connectivity index is 1.61. The van der Waals surface area contributed by atoms with E-state index in [2.05, 4.69) is 21.9 Å². The molecule has 0 N–H and O–H groups in total. The summed E-state index contributed by atoms with van der Waals surface area (Å²) in [5.41, 5.74) is 1.68. The normalized spacial score (nSPS) is 17.9. The molecule has 0 bridgehead atoms. The van der Waals surface area contributed by atoms with Crippen molar-refractivity contribution in [2.45, 2.75) is 50.7 Å². The minimum absolute atomic E-state index is 0.196. The van der Waals surface area contributed by atoms with E-state index in [4.69, 9.17) is 4.98 Å².